The van der Waals surface area contributed by atoms with Gasteiger partial charge in [-0.2, -0.15) is 5.10 Å². The van der Waals surface area contributed by atoms with E-state index in [0.29, 0.717) is 22.2 Å². The maximum absolute atomic E-state index is 11.4. The molecule has 0 saturated carbocycles. The summed E-state index contributed by atoms with van der Waals surface area (Å²) < 4.78 is 1.75. The quantitative estimate of drug-likeness (QED) is 0.745. The van der Waals surface area contributed by atoms with Crippen molar-refractivity contribution in [2.24, 2.45) is 5.73 Å². The maximum Gasteiger partial charge on any atom is 0.250 e. The van der Waals surface area contributed by atoms with E-state index in [0.717, 1.165) is 6.54 Å². The van der Waals surface area contributed by atoms with Gasteiger partial charge in [-0.05, 0) is 19.1 Å². The number of hydrogen-bond donors (Lipinski definition) is 3. The van der Waals surface area contributed by atoms with Crippen LogP contribution in [0.25, 0.3) is 0 Å². The first-order chi connectivity index (χ1) is 9.01. The molecule has 2 aromatic rings. The maximum atomic E-state index is 11.4. The topological polar surface area (TPSA) is 99.0 Å². The van der Waals surface area contributed by atoms with Gasteiger partial charge in [-0.25, -0.2) is 0 Å². The van der Waals surface area contributed by atoms with Crippen molar-refractivity contribution in [1.29, 1.82) is 0 Å². The van der Waals surface area contributed by atoms with Crippen molar-refractivity contribution in [3.63, 3.8) is 0 Å². The zero-order valence-electron chi connectivity index (χ0n) is 10.4. The van der Waals surface area contributed by atoms with E-state index in [2.05, 4.69) is 10.4 Å². The number of nitrogen functional groups attached to an aromatic ring is 1. The van der Waals surface area contributed by atoms with Crippen LogP contribution in [0.3, 0.4) is 0 Å². The fourth-order valence-electron chi connectivity index (χ4n) is 1.68. The van der Waals surface area contributed by atoms with Gasteiger partial charge >= 0.3 is 0 Å². The Labute approximate surface area is 115 Å². The molecule has 7 heteroatoms. The smallest absolute Gasteiger partial charge is 0.250 e. The van der Waals surface area contributed by atoms with Crippen LogP contribution in [0.4, 0.5) is 17.2 Å². The van der Waals surface area contributed by atoms with Crippen molar-refractivity contribution in [2.45, 2.75) is 13.5 Å². The number of benzene rings is 1. The van der Waals surface area contributed by atoms with Crippen molar-refractivity contribution in [3.8, 4) is 0 Å². The highest BCUT2D eigenvalue weighted by Crippen LogP contribution is 2.31. The average molecular weight is 280 g/mol. The highest BCUT2D eigenvalue weighted by atomic mass is 35.5. The molecule has 0 radical (unpaired) electrons. The van der Waals surface area contributed by atoms with E-state index in [-0.39, 0.29) is 5.56 Å². The van der Waals surface area contributed by atoms with E-state index in [4.69, 9.17) is 23.1 Å². The Balaban J connectivity index is 2.41. The number of carbonyl (C=O) groups is 1. The van der Waals surface area contributed by atoms with Gasteiger partial charge in [0.05, 0.1) is 16.3 Å². The second-order valence-electron chi connectivity index (χ2n) is 3.97. The molecule has 19 heavy (non-hydrogen) atoms. The summed E-state index contributed by atoms with van der Waals surface area (Å²) in [5.74, 6) is -0.0253. The summed E-state index contributed by atoms with van der Waals surface area (Å²) in [6.07, 6.45) is 1.82. The molecule has 1 aromatic carbocycles. The predicted octanol–water partition coefficient (Wildman–Crippen LogP) is 1.98. The molecule has 6 nitrogen and oxygen atoms in total. The summed E-state index contributed by atoms with van der Waals surface area (Å²) in [7, 11) is 0. The van der Waals surface area contributed by atoms with Gasteiger partial charge in [0.1, 0.15) is 0 Å². The normalized spacial score (nSPS) is 10.4. The molecule has 0 fully saturated rings. The summed E-state index contributed by atoms with van der Waals surface area (Å²) in [5.41, 5.74) is 12.0. The minimum absolute atomic E-state index is 0.232. The van der Waals surface area contributed by atoms with Gasteiger partial charge < -0.3 is 16.8 Å². The molecule has 0 aliphatic carbocycles. The SMILES string of the molecule is CCn1ccc(Nc2c(Cl)cc(N)cc2C(N)=O)n1. The van der Waals surface area contributed by atoms with E-state index in [1.807, 2.05) is 13.1 Å². The van der Waals surface area contributed by atoms with Crippen LogP contribution < -0.4 is 16.8 Å². The molecule has 0 atom stereocenters. The summed E-state index contributed by atoms with van der Waals surface area (Å²) in [5, 5.41) is 7.55. The lowest BCUT2D eigenvalue weighted by molar-refractivity contribution is 0.100. The fourth-order valence-corrected chi connectivity index (χ4v) is 1.96. The molecule has 0 bridgehead atoms. The number of primary amides is 1. The first-order valence-electron chi connectivity index (χ1n) is 5.70. The second kappa shape index (κ2) is 5.19. The van der Waals surface area contributed by atoms with Crippen LogP contribution >= 0.6 is 11.6 Å². The van der Waals surface area contributed by atoms with Gasteiger partial charge in [0.15, 0.2) is 5.82 Å². The zero-order chi connectivity index (χ0) is 14.0. The minimum atomic E-state index is -0.605. The van der Waals surface area contributed by atoms with Crippen molar-refractivity contribution in [3.05, 3.63) is 35.0 Å². The number of anilines is 3. The Kier molecular flexibility index (Phi) is 3.62. The van der Waals surface area contributed by atoms with E-state index >= 15 is 0 Å². The van der Waals surface area contributed by atoms with Crippen LogP contribution in [0.15, 0.2) is 24.4 Å². The van der Waals surface area contributed by atoms with Crippen LogP contribution in [0.5, 0.6) is 0 Å². The Bertz CT molecular complexity index is 623. The third-order valence-electron chi connectivity index (χ3n) is 2.60. The van der Waals surface area contributed by atoms with Crippen molar-refractivity contribution < 1.29 is 4.79 Å². The van der Waals surface area contributed by atoms with Crippen LogP contribution in [0, 0.1) is 0 Å². The summed E-state index contributed by atoms with van der Waals surface area (Å²) in [4.78, 5) is 11.4. The molecular formula is C12H14ClN5O. The fraction of sp³-hybridized carbons (Fsp3) is 0.167. The number of aromatic nitrogens is 2. The van der Waals surface area contributed by atoms with E-state index < -0.39 is 5.91 Å². The summed E-state index contributed by atoms with van der Waals surface area (Å²) in [6, 6.07) is 4.81. The Hall–Kier alpha value is -2.21. The highest BCUT2D eigenvalue weighted by molar-refractivity contribution is 6.34. The molecule has 2 rings (SSSR count). The largest absolute Gasteiger partial charge is 0.399 e. The predicted molar refractivity (Wildman–Crippen MR) is 75.6 cm³/mol. The van der Waals surface area contributed by atoms with Crippen LogP contribution in [-0.4, -0.2) is 15.7 Å². The average Bonchev–Trinajstić information content (AvgIpc) is 2.79. The zero-order valence-corrected chi connectivity index (χ0v) is 11.1. The number of carbonyl (C=O) groups excluding carboxylic acids is 1. The number of nitrogens with one attached hydrogen (secondary N) is 1. The molecule has 1 heterocycles. The number of halogens is 1. The molecule has 1 amide bonds. The third-order valence-corrected chi connectivity index (χ3v) is 2.89. The lowest BCUT2D eigenvalue weighted by Gasteiger charge is -2.11. The lowest BCUT2D eigenvalue weighted by Crippen LogP contribution is -2.14. The molecule has 1 aromatic heterocycles. The molecular weight excluding hydrogens is 266 g/mol. The minimum Gasteiger partial charge on any atom is -0.399 e. The van der Waals surface area contributed by atoms with Gasteiger partial charge in [-0.15, -0.1) is 0 Å². The van der Waals surface area contributed by atoms with E-state index in [9.17, 15) is 4.79 Å². The Morgan fingerprint density at radius 1 is 1.53 bits per heavy atom. The van der Waals surface area contributed by atoms with Crippen molar-refractivity contribution >= 4 is 34.7 Å². The lowest BCUT2D eigenvalue weighted by atomic mass is 10.1. The molecule has 5 N–H and O–H groups in total. The molecule has 100 valence electrons. The van der Waals surface area contributed by atoms with Gasteiger partial charge in [0.25, 0.3) is 5.91 Å². The monoisotopic (exact) mass is 279 g/mol. The number of aryl methyl sites for hydroxylation is 1. The van der Waals surface area contributed by atoms with E-state index in [1.54, 1.807) is 16.8 Å². The van der Waals surface area contributed by atoms with Crippen molar-refractivity contribution in [1.82, 2.24) is 9.78 Å². The van der Waals surface area contributed by atoms with Crippen molar-refractivity contribution in [2.75, 3.05) is 11.1 Å². The van der Waals surface area contributed by atoms with Gasteiger partial charge in [-0.1, -0.05) is 11.6 Å². The first kappa shape index (κ1) is 13.2. The molecule has 0 aliphatic heterocycles. The highest BCUT2D eigenvalue weighted by Gasteiger charge is 2.14. The van der Waals surface area contributed by atoms with Crippen LogP contribution in [-0.2, 0) is 6.54 Å². The van der Waals surface area contributed by atoms with Gasteiger partial charge in [0.2, 0.25) is 0 Å². The molecule has 0 spiro atoms. The second-order valence-corrected chi connectivity index (χ2v) is 4.38. The number of nitrogens with zero attached hydrogens (tertiary/aromatic N) is 2. The van der Waals surface area contributed by atoms with Crippen LogP contribution in [0.2, 0.25) is 5.02 Å². The van der Waals surface area contributed by atoms with Crippen LogP contribution in [0.1, 0.15) is 17.3 Å². The third kappa shape index (κ3) is 2.79. The first-order valence-corrected chi connectivity index (χ1v) is 6.08. The van der Waals surface area contributed by atoms with E-state index in [1.165, 1.54) is 6.07 Å². The Morgan fingerprint density at radius 2 is 2.26 bits per heavy atom. The Morgan fingerprint density at radius 3 is 2.84 bits per heavy atom. The standard InChI is InChI=1S/C12H14ClN5O/c1-2-18-4-3-10(17-18)16-11-8(12(15)19)5-7(14)6-9(11)13/h3-6H,2,14H2,1H3,(H2,15,19)(H,16,17). The number of hydrogen-bond acceptors (Lipinski definition) is 4. The molecule has 0 unspecified atom stereocenters. The summed E-state index contributed by atoms with van der Waals surface area (Å²) in [6.45, 7) is 2.72. The number of nitrogens with two attached hydrogens (primary N) is 2. The number of rotatable bonds is 4. The summed E-state index contributed by atoms with van der Waals surface area (Å²) >= 11 is 6.08. The van der Waals surface area contributed by atoms with Gasteiger partial charge in [-0.3, -0.25) is 9.48 Å². The molecule has 0 saturated heterocycles. The molecule has 0 aliphatic rings. The van der Waals surface area contributed by atoms with Gasteiger partial charge in [0, 0.05) is 24.5 Å². The number of amides is 1.